The number of nitrogens with zero attached hydrogens (tertiary/aromatic N) is 2. The first-order valence-electron chi connectivity index (χ1n) is 6.66. The van der Waals surface area contributed by atoms with Crippen molar-refractivity contribution >= 4 is 27.3 Å². The van der Waals surface area contributed by atoms with Crippen LogP contribution in [0.5, 0.6) is 0 Å². The number of rotatable bonds is 0. The summed E-state index contributed by atoms with van der Waals surface area (Å²) in [6.45, 7) is 2.04. The zero-order chi connectivity index (χ0) is 13.9. The Balaban J connectivity index is 2.41. The van der Waals surface area contributed by atoms with E-state index >= 15 is 0 Å². The van der Waals surface area contributed by atoms with E-state index in [2.05, 4.69) is 24.3 Å². The van der Waals surface area contributed by atoms with E-state index in [1.54, 1.807) is 8.97 Å². The number of benzene rings is 2. The standard InChI is InChI=1S/C17H14N2O/c1-11-7-8-13-15(9-11)18(2)17(20)19-14-6-4-3-5-12(14)10-16(13)19/h3-10H,1-2H3. The second-order valence-corrected chi connectivity index (χ2v) is 5.29. The summed E-state index contributed by atoms with van der Waals surface area (Å²) in [5, 5.41) is 2.20. The first-order chi connectivity index (χ1) is 9.66. The van der Waals surface area contributed by atoms with Crippen LogP contribution in [0.15, 0.2) is 53.3 Å². The smallest absolute Gasteiger partial charge is 0.296 e. The summed E-state index contributed by atoms with van der Waals surface area (Å²) < 4.78 is 3.52. The van der Waals surface area contributed by atoms with Crippen LogP contribution in [0, 0.1) is 6.92 Å². The van der Waals surface area contributed by atoms with Crippen molar-refractivity contribution in [1.82, 2.24) is 8.97 Å². The molecule has 0 bridgehead atoms. The molecular weight excluding hydrogens is 248 g/mol. The van der Waals surface area contributed by atoms with Crippen molar-refractivity contribution in [3.05, 3.63) is 64.6 Å². The highest BCUT2D eigenvalue weighted by atomic mass is 16.1. The molecule has 0 atom stereocenters. The molecule has 0 N–H and O–H groups in total. The van der Waals surface area contributed by atoms with Crippen LogP contribution < -0.4 is 5.69 Å². The fraction of sp³-hybridized carbons (Fsp3) is 0.118. The average molecular weight is 262 g/mol. The predicted molar refractivity (Wildman–Crippen MR) is 82.4 cm³/mol. The second-order valence-electron chi connectivity index (χ2n) is 5.29. The molecule has 2 aromatic heterocycles. The van der Waals surface area contributed by atoms with E-state index in [1.165, 1.54) is 0 Å². The van der Waals surface area contributed by atoms with E-state index in [-0.39, 0.29) is 5.69 Å². The van der Waals surface area contributed by atoms with Crippen LogP contribution in [0.4, 0.5) is 0 Å². The Morgan fingerprint density at radius 1 is 0.900 bits per heavy atom. The van der Waals surface area contributed by atoms with E-state index in [9.17, 15) is 4.79 Å². The maximum Gasteiger partial charge on any atom is 0.333 e. The minimum absolute atomic E-state index is 0.000648. The molecule has 2 heterocycles. The SMILES string of the molecule is Cc1ccc2c(c1)n(C)c(=O)n1c3ccccc3cc21. The van der Waals surface area contributed by atoms with Crippen molar-refractivity contribution in [3.8, 4) is 0 Å². The van der Waals surface area contributed by atoms with Gasteiger partial charge in [0.25, 0.3) is 0 Å². The van der Waals surface area contributed by atoms with Crippen LogP contribution in [0.2, 0.25) is 0 Å². The first kappa shape index (κ1) is 11.3. The molecule has 4 rings (SSSR count). The Morgan fingerprint density at radius 2 is 1.70 bits per heavy atom. The lowest BCUT2D eigenvalue weighted by Crippen LogP contribution is -2.24. The zero-order valence-electron chi connectivity index (χ0n) is 11.4. The normalized spacial score (nSPS) is 11.7. The summed E-state index contributed by atoms with van der Waals surface area (Å²) in [6.07, 6.45) is 0. The molecule has 98 valence electrons. The van der Waals surface area contributed by atoms with Gasteiger partial charge in [-0.05, 0) is 30.7 Å². The van der Waals surface area contributed by atoms with Crippen LogP contribution in [0.25, 0.3) is 27.3 Å². The quantitative estimate of drug-likeness (QED) is 0.478. The van der Waals surface area contributed by atoms with Crippen molar-refractivity contribution in [2.75, 3.05) is 0 Å². The van der Waals surface area contributed by atoms with Crippen molar-refractivity contribution in [2.45, 2.75) is 6.92 Å². The number of aryl methyl sites for hydroxylation is 2. The van der Waals surface area contributed by atoms with Crippen LogP contribution in [0.3, 0.4) is 0 Å². The Morgan fingerprint density at radius 3 is 2.55 bits per heavy atom. The minimum atomic E-state index is -0.000648. The molecule has 2 aromatic carbocycles. The van der Waals surface area contributed by atoms with Crippen LogP contribution in [-0.4, -0.2) is 8.97 Å². The Hall–Kier alpha value is -2.55. The lowest BCUT2D eigenvalue weighted by atomic mass is 10.1. The predicted octanol–water partition coefficient (Wildman–Crippen LogP) is 3.25. The van der Waals surface area contributed by atoms with Gasteiger partial charge in [0, 0.05) is 17.8 Å². The van der Waals surface area contributed by atoms with Crippen molar-refractivity contribution in [2.24, 2.45) is 7.05 Å². The molecule has 0 amide bonds. The lowest BCUT2D eigenvalue weighted by molar-refractivity contribution is 0.838. The maximum atomic E-state index is 12.7. The third kappa shape index (κ3) is 1.32. The Bertz CT molecular complexity index is 1040. The lowest BCUT2D eigenvalue weighted by Gasteiger charge is -2.08. The number of aromatic nitrogens is 2. The molecule has 0 aliphatic heterocycles. The fourth-order valence-corrected chi connectivity index (χ4v) is 2.95. The number of para-hydroxylation sites is 1. The number of hydrogen-bond acceptors (Lipinski definition) is 1. The summed E-state index contributed by atoms with van der Waals surface area (Å²) in [5.41, 5.74) is 4.08. The molecule has 0 aliphatic rings. The van der Waals surface area contributed by atoms with Gasteiger partial charge in [-0.15, -0.1) is 0 Å². The topological polar surface area (TPSA) is 26.4 Å². The summed E-state index contributed by atoms with van der Waals surface area (Å²) in [4.78, 5) is 12.7. The van der Waals surface area contributed by atoms with Crippen molar-refractivity contribution in [1.29, 1.82) is 0 Å². The van der Waals surface area contributed by atoms with Gasteiger partial charge in [-0.1, -0.05) is 30.3 Å². The molecule has 20 heavy (non-hydrogen) atoms. The maximum absolute atomic E-state index is 12.7. The highest BCUT2D eigenvalue weighted by Crippen LogP contribution is 2.25. The molecule has 3 nitrogen and oxygen atoms in total. The third-order valence-electron chi connectivity index (χ3n) is 3.98. The summed E-state index contributed by atoms with van der Waals surface area (Å²) in [5.74, 6) is 0. The Labute approximate surface area is 115 Å². The summed E-state index contributed by atoms with van der Waals surface area (Å²) in [6, 6.07) is 16.3. The number of fused-ring (bicyclic) bond motifs is 5. The zero-order valence-corrected chi connectivity index (χ0v) is 11.4. The largest absolute Gasteiger partial charge is 0.333 e. The van der Waals surface area contributed by atoms with Gasteiger partial charge in [0.05, 0.1) is 16.6 Å². The van der Waals surface area contributed by atoms with Crippen molar-refractivity contribution < 1.29 is 0 Å². The van der Waals surface area contributed by atoms with Gasteiger partial charge in [0.1, 0.15) is 0 Å². The molecule has 3 heteroatoms. The van der Waals surface area contributed by atoms with Gasteiger partial charge in [-0.2, -0.15) is 0 Å². The molecule has 4 aromatic rings. The monoisotopic (exact) mass is 262 g/mol. The third-order valence-corrected chi connectivity index (χ3v) is 3.98. The van der Waals surface area contributed by atoms with Gasteiger partial charge in [0.15, 0.2) is 0 Å². The van der Waals surface area contributed by atoms with Crippen LogP contribution in [-0.2, 0) is 7.05 Å². The van der Waals surface area contributed by atoms with E-state index in [4.69, 9.17) is 0 Å². The van der Waals surface area contributed by atoms with Gasteiger partial charge in [-0.25, -0.2) is 4.79 Å². The van der Waals surface area contributed by atoms with E-state index in [1.807, 2.05) is 38.2 Å². The molecule has 0 fully saturated rings. The first-order valence-corrected chi connectivity index (χ1v) is 6.66. The summed E-state index contributed by atoms with van der Waals surface area (Å²) in [7, 11) is 1.83. The molecule has 0 saturated carbocycles. The summed E-state index contributed by atoms with van der Waals surface area (Å²) >= 11 is 0. The molecule has 0 saturated heterocycles. The molecule has 0 radical (unpaired) electrons. The van der Waals surface area contributed by atoms with Crippen LogP contribution in [0.1, 0.15) is 5.56 Å². The highest BCUT2D eigenvalue weighted by Gasteiger charge is 2.11. The van der Waals surface area contributed by atoms with Crippen molar-refractivity contribution in [3.63, 3.8) is 0 Å². The molecule has 0 aliphatic carbocycles. The molecule has 0 spiro atoms. The minimum Gasteiger partial charge on any atom is -0.296 e. The van der Waals surface area contributed by atoms with E-state index in [0.717, 1.165) is 32.9 Å². The van der Waals surface area contributed by atoms with Gasteiger partial charge in [-0.3, -0.25) is 8.97 Å². The highest BCUT2D eigenvalue weighted by molar-refractivity contribution is 6.00. The van der Waals surface area contributed by atoms with E-state index < -0.39 is 0 Å². The van der Waals surface area contributed by atoms with E-state index in [0.29, 0.717) is 0 Å². The fourth-order valence-electron chi connectivity index (χ4n) is 2.95. The van der Waals surface area contributed by atoms with Crippen LogP contribution >= 0.6 is 0 Å². The average Bonchev–Trinajstić information content (AvgIpc) is 2.84. The number of hydrogen-bond donors (Lipinski definition) is 0. The molecule has 0 unspecified atom stereocenters. The van der Waals surface area contributed by atoms with Gasteiger partial charge >= 0.3 is 5.69 Å². The Kier molecular flexibility index (Phi) is 2.11. The second kappa shape index (κ2) is 3.73. The molecular formula is C17H14N2O. The van der Waals surface area contributed by atoms with Gasteiger partial charge in [0.2, 0.25) is 0 Å². The van der Waals surface area contributed by atoms with Gasteiger partial charge < -0.3 is 0 Å².